The van der Waals surface area contributed by atoms with Gasteiger partial charge in [0, 0.05) is 86.2 Å². The minimum Gasteiger partial charge on any atom is -0.385 e. The Bertz CT molecular complexity index is 2840. The predicted octanol–water partition coefficient (Wildman–Crippen LogP) is 7.97. The van der Waals surface area contributed by atoms with Crippen molar-refractivity contribution in [3.8, 4) is 0 Å². The van der Waals surface area contributed by atoms with Crippen LogP contribution in [0.4, 0.5) is 34.1 Å². The topological polar surface area (TPSA) is 157 Å². The van der Waals surface area contributed by atoms with Crippen LogP contribution in [0.2, 0.25) is 0 Å². The van der Waals surface area contributed by atoms with E-state index in [1.54, 1.807) is 21.6 Å². The van der Waals surface area contributed by atoms with Crippen LogP contribution < -0.4 is 39.5 Å². The molecule has 0 fully saturated rings. The Morgan fingerprint density at radius 1 is 0.514 bits per heavy atom. The molecular weight excluding hydrogens is 917 g/mol. The predicted molar refractivity (Wildman–Crippen MR) is 278 cm³/mol. The van der Waals surface area contributed by atoms with Crippen molar-refractivity contribution in [2.45, 2.75) is 39.0 Å². The smallest absolute Gasteiger partial charge is 0.262 e. The van der Waals surface area contributed by atoms with Crippen molar-refractivity contribution in [3.63, 3.8) is 0 Å². The lowest BCUT2D eigenvalue weighted by Crippen LogP contribution is -2.33. The molecule has 4 N–H and O–H groups in total. The number of carbonyl (C=O) groups excluding carboxylic acids is 2. The Morgan fingerprint density at radius 2 is 0.943 bits per heavy atom. The summed E-state index contributed by atoms with van der Waals surface area (Å²) in [6.07, 6.45) is 17.6. The van der Waals surface area contributed by atoms with Gasteiger partial charge in [-0.25, -0.2) is 27.4 Å². The lowest BCUT2D eigenvalue weighted by molar-refractivity contribution is -0.696. The summed E-state index contributed by atoms with van der Waals surface area (Å²) in [5.74, 6) is 1.52. The number of azo groups is 2. The molecule has 2 amide bonds. The number of imidazole rings is 2. The molecule has 0 aliphatic heterocycles. The summed E-state index contributed by atoms with van der Waals surface area (Å²) in [4.78, 5) is 25.1. The monoisotopic (exact) mass is 976 g/mol. The number of rotatable bonds is 25. The maximum Gasteiger partial charge on any atom is 0.262 e. The lowest BCUT2D eigenvalue weighted by atomic mass is 10.2. The molecule has 0 aliphatic carbocycles. The van der Waals surface area contributed by atoms with Gasteiger partial charge in [0.2, 0.25) is 23.7 Å². The lowest BCUT2D eigenvalue weighted by Gasteiger charge is -2.06. The van der Waals surface area contributed by atoms with Gasteiger partial charge < -0.3 is 21.3 Å². The van der Waals surface area contributed by atoms with Gasteiger partial charge in [-0.2, -0.15) is 10.2 Å². The molecule has 4 aromatic carbocycles. The quantitative estimate of drug-likeness (QED) is 0.0197. The fraction of sp³-hybridized carbons (Fsp3) is 0.269. The van der Waals surface area contributed by atoms with Crippen molar-refractivity contribution in [3.05, 3.63) is 159 Å². The van der Waals surface area contributed by atoms with Crippen molar-refractivity contribution in [2.75, 3.05) is 48.3 Å². The van der Waals surface area contributed by atoms with Crippen molar-refractivity contribution >= 4 is 89.3 Å². The van der Waals surface area contributed by atoms with Gasteiger partial charge in [0.05, 0.1) is 35.2 Å². The molecule has 0 saturated heterocycles. The first kappa shape index (κ1) is 49.0. The molecule has 8 aromatic rings. The Morgan fingerprint density at radius 3 is 1.39 bits per heavy atom. The van der Waals surface area contributed by atoms with E-state index in [1.165, 1.54) is 0 Å². The summed E-state index contributed by atoms with van der Waals surface area (Å²) in [5, 5.41) is 33.0. The van der Waals surface area contributed by atoms with E-state index in [0.717, 1.165) is 106 Å². The standard InChI is InChI=1S/C52H56N14O2S2/c1-61-29-21-47(45-9-3-5-11-49(45)61)59-57-43-17-13-41(14-18-43)53-23-7-27-63-31-33-65(39-63)37-51(67)55-25-35-69-70-36-26-56-52(68)38-66-34-32-64(40-66)28-8-24-54-42-15-19-44(20-16-42)58-60-48-22-30-62(2)50-12-6-4-10-46(48)50/h3-6,9-22,29-34,39-40H,7-8,23-28,35-38H2,1-2H3/p+4. The Kier molecular flexibility index (Phi) is 17.7. The highest BCUT2D eigenvalue weighted by Gasteiger charge is 2.13. The molecule has 0 saturated carbocycles. The van der Waals surface area contributed by atoms with E-state index in [0.29, 0.717) is 13.1 Å². The highest BCUT2D eigenvalue weighted by molar-refractivity contribution is 8.76. The molecule has 0 aliphatic rings. The summed E-state index contributed by atoms with van der Waals surface area (Å²) < 4.78 is 12.1. The third-order valence-corrected chi connectivity index (χ3v) is 13.8. The largest absolute Gasteiger partial charge is 0.385 e. The third kappa shape index (κ3) is 14.5. The number of hydrogen-bond donors (Lipinski definition) is 4. The van der Waals surface area contributed by atoms with Crippen LogP contribution in [0.3, 0.4) is 0 Å². The van der Waals surface area contributed by atoms with E-state index in [-0.39, 0.29) is 24.9 Å². The van der Waals surface area contributed by atoms with Gasteiger partial charge in [-0.3, -0.25) is 9.59 Å². The van der Waals surface area contributed by atoms with E-state index in [9.17, 15) is 9.59 Å². The summed E-state index contributed by atoms with van der Waals surface area (Å²) in [5.41, 5.74) is 7.54. The van der Waals surface area contributed by atoms with Crippen molar-refractivity contribution in [2.24, 2.45) is 34.6 Å². The molecule has 358 valence electrons. The van der Waals surface area contributed by atoms with Gasteiger partial charge in [0.15, 0.2) is 25.5 Å². The van der Waals surface area contributed by atoms with E-state index in [1.807, 2.05) is 158 Å². The van der Waals surface area contributed by atoms with Crippen molar-refractivity contribution in [1.82, 2.24) is 19.8 Å². The maximum absolute atomic E-state index is 12.6. The number of para-hydroxylation sites is 2. The number of carbonyl (C=O) groups is 2. The number of hydrogen-bond acceptors (Lipinski definition) is 10. The Balaban J connectivity index is 0.620. The van der Waals surface area contributed by atoms with Crippen LogP contribution in [0.5, 0.6) is 0 Å². The van der Waals surface area contributed by atoms with Crippen LogP contribution in [0.25, 0.3) is 21.8 Å². The van der Waals surface area contributed by atoms with Gasteiger partial charge >= 0.3 is 0 Å². The first-order valence-corrected chi connectivity index (χ1v) is 26.0. The van der Waals surface area contributed by atoms with Gasteiger partial charge in [-0.15, -0.1) is 10.2 Å². The fourth-order valence-corrected chi connectivity index (χ4v) is 9.55. The number of benzene rings is 4. The first-order chi connectivity index (χ1) is 34.3. The van der Waals surface area contributed by atoms with Crippen LogP contribution in [-0.4, -0.2) is 58.6 Å². The van der Waals surface area contributed by atoms with Gasteiger partial charge in [-0.05, 0) is 60.7 Å². The molecule has 0 bridgehead atoms. The zero-order valence-corrected chi connectivity index (χ0v) is 41.2. The van der Waals surface area contributed by atoms with Gasteiger partial charge in [0.25, 0.3) is 11.8 Å². The number of nitrogens with zero attached hydrogens (tertiary/aromatic N) is 10. The molecule has 18 heteroatoms. The molecule has 0 spiro atoms. The second-order valence-electron chi connectivity index (χ2n) is 16.7. The number of anilines is 2. The molecule has 8 rings (SSSR count). The Labute approximate surface area is 416 Å². The number of nitrogens with one attached hydrogen (secondary N) is 4. The third-order valence-electron chi connectivity index (χ3n) is 11.4. The molecule has 4 aromatic heterocycles. The average molecular weight is 977 g/mol. The van der Waals surface area contributed by atoms with E-state index in [2.05, 4.69) is 84.3 Å². The van der Waals surface area contributed by atoms with Crippen LogP contribution in [0, 0.1) is 0 Å². The minimum atomic E-state index is -0.0200. The van der Waals surface area contributed by atoms with Crippen LogP contribution in [0.1, 0.15) is 12.8 Å². The summed E-state index contributed by atoms with van der Waals surface area (Å²) in [6.45, 7) is 4.99. The first-order valence-electron chi connectivity index (χ1n) is 23.5. The van der Waals surface area contributed by atoms with E-state index < -0.39 is 0 Å². The fourth-order valence-electron chi connectivity index (χ4n) is 7.73. The van der Waals surface area contributed by atoms with Crippen molar-refractivity contribution < 1.29 is 27.9 Å². The molecule has 0 atom stereocenters. The second-order valence-corrected chi connectivity index (χ2v) is 19.4. The number of amides is 2. The zero-order chi connectivity index (χ0) is 48.3. The molecule has 0 unspecified atom stereocenters. The molecule has 4 heterocycles. The summed E-state index contributed by atoms with van der Waals surface area (Å²) in [7, 11) is 7.43. The SMILES string of the molecule is C[n+]1ccc(/N=N/c2ccc(NCCC[n+]3ccn(CC(=O)NCCSSCCNC(=O)Cn4cc[n+](CCCNc5ccc(/N=N/c6cc[n+](C)c7ccccc67)cc5)c4)c3)cc2)c2ccccc21. The average Bonchev–Trinajstić information content (AvgIpc) is 4.04. The Hall–Kier alpha value is -7.44. The number of pyridine rings is 2. The van der Waals surface area contributed by atoms with E-state index >= 15 is 0 Å². The zero-order valence-electron chi connectivity index (χ0n) is 39.6. The van der Waals surface area contributed by atoms with Gasteiger partial charge in [0.1, 0.15) is 50.3 Å². The highest BCUT2D eigenvalue weighted by atomic mass is 33.1. The van der Waals surface area contributed by atoms with Crippen LogP contribution in [0.15, 0.2) is 179 Å². The minimum absolute atomic E-state index is 0.0200. The molecule has 70 heavy (non-hydrogen) atoms. The van der Waals surface area contributed by atoms with Crippen LogP contribution in [-0.2, 0) is 49.9 Å². The van der Waals surface area contributed by atoms with Crippen molar-refractivity contribution in [1.29, 1.82) is 0 Å². The van der Waals surface area contributed by atoms with Crippen LogP contribution >= 0.6 is 21.6 Å². The molecule has 0 radical (unpaired) electrons. The summed E-state index contributed by atoms with van der Waals surface area (Å²) in [6, 6.07) is 36.2. The van der Waals surface area contributed by atoms with Gasteiger partial charge in [-0.1, -0.05) is 45.9 Å². The van der Waals surface area contributed by atoms with E-state index in [4.69, 9.17) is 0 Å². The number of aromatic nitrogens is 6. The summed E-state index contributed by atoms with van der Waals surface area (Å²) >= 11 is 0. The number of aryl methyl sites for hydroxylation is 4. The molecule has 16 nitrogen and oxygen atoms in total. The second kappa shape index (κ2) is 25.2. The normalized spacial score (nSPS) is 11.5. The maximum atomic E-state index is 12.6. The molecular formula is C52H60N14O2S2+4. The highest BCUT2D eigenvalue weighted by Crippen LogP contribution is 2.27. The number of fused-ring (bicyclic) bond motifs is 2.